The molecule has 2 nitrogen and oxygen atoms in total. The van der Waals surface area contributed by atoms with Gasteiger partial charge in [-0.1, -0.05) is 32.0 Å². The van der Waals surface area contributed by atoms with Crippen LogP contribution in [0.15, 0.2) is 46.9 Å². The van der Waals surface area contributed by atoms with Crippen LogP contribution in [-0.2, 0) is 6.54 Å². The summed E-state index contributed by atoms with van der Waals surface area (Å²) in [6, 6.07) is 14.2. The van der Waals surface area contributed by atoms with Gasteiger partial charge in [0.05, 0.1) is 4.47 Å². The first-order valence-corrected chi connectivity index (χ1v) is 7.69. The van der Waals surface area contributed by atoms with Crippen LogP contribution in [0.4, 0.5) is 0 Å². The average molecular weight is 334 g/mol. The predicted molar refractivity (Wildman–Crippen MR) is 87.3 cm³/mol. The summed E-state index contributed by atoms with van der Waals surface area (Å²) >= 11 is 3.51. The molecule has 0 spiro atoms. The lowest BCUT2D eigenvalue weighted by atomic mass is 9.99. The second-order valence-electron chi connectivity index (χ2n) is 4.95. The highest BCUT2D eigenvalue weighted by atomic mass is 79.9. The summed E-state index contributed by atoms with van der Waals surface area (Å²) in [6.45, 7) is 4.96. The molecule has 0 heterocycles. The Hall–Kier alpha value is -1.32. The third-order valence-electron chi connectivity index (χ3n) is 3.52. The van der Waals surface area contributed by atoms with Gasteiger partial charge in [0.1, 0.15) is 11.5 Å². The summed E-state index contributed by atoms with van der Waals surface area (Å²) in [7, 11) is 0. The summed E-state index contributed by atoms with van der Waals surface area (Å²) in [6.07, 6.45) is 1.15. The Labute approximate surface area is 129 Å². The van der Waals surface area contributed by atoms with Gasteiger partial charge >= 0.3 is 0 Å². The van der Waals surface area contributed by atoms with E-state index in [2.05, 4.69) is 41.9 Å². The van der Waals surface area contributed by atoms with Gasteiger partial charge in [-0.2, -0.15) is 0 Å². The van der Waals surface area contributed by atoms with Crippen LogP contribution in [0.1, 0.15) is 37.3 Å². The van der Waals surface area contributed by atoms with E-state index in [4.69, 9.17) is 10.5 Å². The quantitative estimate of drug-likeness (QED) is 0.814. The van der Waals surface area contributed by atoms with E-state index in [0.717, 1.165) is 28.0 Å². The minimum atomic E-state index is 0.530. The molecule has 1 unspecified atom stereocenters. The van der Waals surface area contributed by atoms with E-state index >= 15 is 0 Å². The zero-order valence-electron chi connectivity index (χ0n) is 11.9. The molecule has 0 saturated heterocycles. The van der Waals surface area contributed by atoms with Gasteiger partial charge in [-0.15, -0.1) is 0 Å². The van der Waals surface area contributed by atoms with Gasteiger partial charge in [-0.25, -0.2) is 0 Å². The van der Waals surface area contributed by atoms with Crippen LogP contribution in [0.3, 0.4) is 0 Å². The van der Waals surface area contributed by atoms with Crippen LogP contribution >= 0.6 is 15.9 Å². The summed E-state index contributed by atoms with van der Waals surface area (Å²) in [4.78, 5) is 0. The lowest BCUT2D eigenvalue weighted by molar-refractivity contribution is 0.479. The minimum absolute atomic E-state index is 0.530. The number of benzene rings is 2. The summed E-state index contributed by atoms with van der Waals surface area (Å²) in [5, 5.41) is 0. The summed E-state index contributed by atoms with van der Waals surface area (Å²) in [5.74, 6) is 2.23. The van der Waals surface area contributed by atoms with E-state index in [1.54, 1.807) is 0 Å². The fraction of sp³-hybridized carbons (Fsp3) is 0.294. The number of nitrogens with two attached hydrogens (primary N) is 1. The van der Waals surface area contributed by atoms with Gasteiger partial charge in [0.15, 0.2) is 0 Å². The lowest BCUT2D eigenvalue weighted by Crippen LogP contribution is -1.96. The standard InChI is InChI=1S/C17H20BrNO/c1-3-12(2)14-5-7-15(8-6-14)20-17-9-4-13(11-19)10-16(17)18/h4-10,12H,3,11,19H2,1-2H3. The third-order valence-corrected chi connectivity index (χ3v) is 4.14. The molecule has 0 aromatic heterocycles. The van der Waals surface area contributed by atoms with Crippen molar-refractivity contribution in [2.75, 3.05) is 0 Å². The van der Waals surface area contributed by atoms with Crippen molar-refractivity contribution in [1.82, 2.24) is 0 Å². The Bertz CT molecular complexity index is 566. The molecule has 0 saturated carbocycles. The van der Waals surface area contributed by atoms with Crippen molar-refractivity contribution < 1.29 is 4.74 Å². The summed E-state index contributed by atoms with van der Waals surface area (Å²) < 4.78 is 6.81. The molecule has 2 rings (SSSR count). The maximum absolute atomic E-state index is 5.89. The van der Waals surface area contributed by atoms with Crippen LogP contribution in [0.5, 0.6) is 11.5 Å². The smallest absolute Gasteiger partial charge is 0.141 e. The van der Waals surface area contributed by atoms with Crippen molar-refractivity contribution in [3.8, 4) is 11.5 Å². The number of hydrogen-bond acceptors (Lipinski definition) is 2. The molecule has 0 aliphatic rings. The van der Waals surface area contributed by atoms with E-state index in [-0.39, 0.29) is 0 Å². The van der Waals surface area contributed by atoms with E-state index < -0.39 is 0 Å². The van der Waals surface area contributed by atoms with Gasteiger partial charge in [-0.3, -0.25) is 0 Å². The molecular formula is C17H20BrNO. The fourth-order valence-electron chi connectivity index (χ4n) is 1.98. The normalized spacial score (nSPS) is 12.2. The zero-order chi connectivity index (χ0) is 14.5. The van der Waals surface area contributed by atoms with Crippen molar-refractivity contribution in [3.05, 3.63) is 58.1 Å². The number of halogens is 1. The van der Waals surface area contributed by atoms with Crippen molar-refractivity contribution >= 4 is 15.9 Å². The first kappa shape index (κ1) is 15.1. The topological polar surface area (TPSA) is 35.2 Å². The number of rotatable bonds is 5. The second kappa shape index (κ2) is 6.91. The monoisotopic (exact) mass is 333 g/mol. The molecule has 0 aliphatic carbocycles. The molecule has 3 heteroatoms. The highest BCUT2D eigenvalue weighted by molar-refractivity contribution is 9.10. The van der Waals surface area contributed by atoms with Gasteiger partial charge in [0, 0.05) is 6.54 Å². The molecule has 0 amide bonds. The Morgan fingerprint density at radius 3 is 2.40 bits per heavy atom. The molecule has 2 aromatic rings. The van der Waals surface area contributed by atoms with Gasteiger partial charge in [0.2, 0.25) is 0 Å². The molecule has 106 valence electrons. The summed E-state index contributed by atoms with van der Waals surface area (Å²) in [5.41, 5.74) is 8.04. The zero-order valence-corrected chi connectivity index (χ0v) is 13.5. The minimum Gasteiger partial charge on any atom is -0.456 e. The van der Waals surface area contributed by atoms with Gasteiger partial charge < -0.3 is 10.5 Å². The third kappa shape index (κ3) is 3.62. The van der Waals surface area contributed by atoms with E-state index in [0.29, 0.717) is 12.5 Å². The van der Waals surface area contributed by atoms with Crippen molar-refractivity contribution in [1.29, 1.82) is 0 Å². The molecule has 0 aliphatic heterocycles. The van der Waals surface area contributed by atoms with Crippen molar-refractivity contribution in [2.24, 2.45) is 5.73 Å². The average Bonchev–Trinajstić information content (AvgIpc) is 2.49. The lowest BCUT2D eigenvalue weighted by Gasteiger charge is -2.12. The molecule has 20 heavy (non-hydrogen) atoms. The molecule has 2 N–H and O–H groups in total. The molecule has 1 atom stereocenters. The molecule has 0 radical (unpaired) electrons. The van der Waals surface area contributed by atoms with E-state index in [9.17, 15) is 0 Å². The Kier molecular flexibility index (Phi) is 5.21. The van der Waals surface area contributed by atoms with E-state index in [1.807, 2.05) is 30.3 Å². The Morgan fingerprint density at radius 2 is 1.85 bits per heavy atom. The molecule has 2 aromatic carbocycles. The number of ether oxygens (including phenoxy) is 1. The van der Waals surface area contributed by atoms with Crippen LogP contribution in [0, 0.1) is 0 Å². The second-order valence-corrected chi connectivity index (χ2v) is 5.80. The van der Waals surface area contributed by atoms with Crippen molar-refractivity contribution in [2.45, 2.75) is 32.7 Å². The SMILES string of the molecule is CCC(C)c1ccc(Oc2ccc(CN)cc2Br)cc1. The van der Waals surface area contributed by atoms with Gasteiger partial charge in [0.25, 0.3) is 0 Å². The van der Waals surface area contributed by atoms with Crippen molar-refractivity contribution in [3.63, 3.8) is 0 Å². The van der Waals surface area contributed by atoms with Crippen LogP contribution < -0.4 is 10.5 Å². The Balaban J connectivity index is 2.14. The first-order chi connectivity index (χ1) is 9.63. The maximum Gasteiger partial charge on any atom is 0.141 e. The van der Waals surface area contributed by atoms with E-state index in [1.165, 1.54) is 5.56 Å². The highest BCUT2D eigenvalue weighted by Crippen LogP contribution is 2.31. The van der Waals surface area contributed by atoms with Gasteiger partial charge in [-0.05, 0) is 63.7 Å². The first-order valence-electron chi connectivity index (χ1n) is 6.90. The number of hydrogen-bond donors (Lipinski definition) is 1. The molecular weight excluding hydrogens is 314 g/mol. The Morgan fingerprint density at radius 1 is 1.15 bits per heavy atom. The maximum atomic E-state index is 5.89. The predicted octanol–water partition coefficient (Wildman–Crippen LogP) is 5.21. The van der Waals surface area contributed by atoms with Crippen LogP contribution in [0.2, 0.25) is 0 Å². The molecule has 0 fully saturated rings. The largest absolute Gasteiger partial charge is 0.456 e. The molecule has 0 bridgehead atoms. The highest BCUT2D eigenvalue weighted by Gasteiger charge is 2.06. The fourth-order valence-corrected chi connectivity index (χ4v) is 2.49. The van der Waals surface area contributed by atoms with Crippen LogP contribution in [0.25, 0.3) is 0 Å². The van der Waals surface area contributed by atoms with Crippen LogP contribution in [-0.4, -0.2) is 0 Å².